The summed E-state index contributed by atoms with van der Waals surface area (Å²) in [5.74, 6) is -1.23. The molecule has 0 aliphatic rings. The van der Waals surface area contributed by atoms with E-state index >= 15 is 0 Å². The average Bonchev–Trinajstić information content (AvgIpc) is 3.02. The van der Waals surface area contributed by atoms with Crippen LogP contribution in [-0.2, 0) is 14.2 Å². The Morgan fingerprint density at radius 2 is 1.13 bits per heavy atom. The van der Waals surface area contributed by atoms with Crippen LogP contribution in [0.25, 0.3) is 0 Å². The SMILES string of the molecule is CCCCCCCCCCCCCC[C@@H](OC(=O)c1ccccc1)[C@@H](OC(=O)c1ccccc1)[C@H](CO)NC(=O)OC(C)(C)C. The molecule has 2 aromatic rings. The maximum Gasteiger partial charge on any atom is 0.408 e. The standard InChI is InChI=1S/C37H55NO7/c1-5-6-7-8-9-10-11-12-13-14-15-22-27-32(43-34(40)29-23-18-16-19-24-29)33(44-35(41)30-25-20-17-21-26-30)31(28-39)38-36(42)45-37(2,3)4/h16-21,23-26,31-33,39H,5-15,22,27-28H2,1-4H3,(H,38,42)/t31-,32+,33-/m0/s1. The van der Waals surface area contributed by atoms with E-state index in [2.05, 4.69) is 12.2 Å². The Balaban J connectivity index is 2.14. The summed E-state index contributed by atoms with van der Waals surface area (Å²) >= 11 is 0. The van der Waals surface area contributed by atoms with Crippen LogP contribution in [0.3, 0.4) is 0 Å². The molecule has 8 heteroatoms. The first-order valence-corrected chi connectivity index (χ1v) is 16.8. The molecule has 0 aromatic heterocycles. The minimum atomic E-state index is -1.17. The molecule has 0 fully saturated rings. The van der Waals surface area contributed by atoms with Crippen LogP contribution in [0.2, 0.25) is 0 Å². The first kappa shape index (κ1) is 37.8. The summed E-state index contributed by atoms with van der Waals surface area (Å²) in [6.45, 7) is 6.85. The van der Waals surface area contributed by atoms with Gasteiger partial charge in [-0.1, -0.05) is 114 Å². The number of rotatable bonds is 21. The topological polar surface area (TPSA) is 111 Å². The minimum absolute atomic E-state index is 0.301. The van der Waals surface area contributed by atoms with Crippen molar-refractivity contribution in [3.8, 4) is 0 Å². The first-order valence-electron chi connectivity index (χ1n) is 16.8. The molecule has 0 spiro atoms. The third-order valence-electron chi connectivity index (χ3n) is 7.52. The van der Waals surface area contributed by atoms with Gasteiger partial charge in [-0.3, -0.25) is 0 Å². The van der Waals surface area contributed by atoms with Crippen LogP contribution in [0.4, 0.5) is 4.79 Å². The molecule has 2 rings (SSSR count). The maximum atomic E-state index is 13.2. The number of unbranched alkanes of at least 4 members (excludes halogenated alkanes) is 11. The Morgan fingerprint density at radius 1 is 0.689 bits per heavy atom. The van der Waals surface area contributed by atoms with Gasteiger partial charge in [-0.15, -0.1) is 0 Å². The molecule has 8 nitrogen and oxygen atoms in total. The van der Waals surface area contributed by atoms with Crippen molar-refractivity contribution in [1.29, 1.82) is 0 Å². The molecular weight excluding hydrogens is 570 g/mol. The zero-order valence-corrected chi connectivity index (χ0v) is 27.8. The number of ether oxygens (including phenoxy) is 3. The second kappa shape index (κ2) is 21.4. The molecule has 0 aliphatic carbocycles. The van der Waals surface area contributed by atoms with Gasteiger partial charge in [-0.05, 0) is 57.9 Å². The molecule has 45 heavy (non-hydrogen) atoms. The molecular formula is C37H55NO7. The van der Waals surface area contributed by atoms with Gasteiger partial charge in [0, 0.05) is 0 Å². The van der Waals surface area contributed by atoms with Crippen molar-refractivity contribution in [2.75, 3.05) is 6.61 Å². The number of alkyl carbamates (subject to hydrolysis) is 1. The lowest BCUT2D eigenvalue weighted by molar-refractivity contribution is -0.0584. The largest absolute Gasteiger partial charge is 0.455 e. The molecule has 2 aromatic carbocycles. The van der Waals surface area contributed by atoms with E-state index in [4.69, 9.17) is 14.2 Å². The molecule has 0 heterocycles. The first-order chi connectivity index (χ1) is 21.6. The molecule has 0 saturated heterocycles. The smallest absolute Gasteiger partial charge is 0.408 e. The highest BCUT2D eigenvalue weighted by Gasteiger charge is 2.37. The van der Waals surface area contributed by atoms with Crippen molar-refractivity contribution in [3.63, 3.8) is 0 Å². The lowest BCUT2D eigenvalue weighted by Gasteiger charge is -2.33. The summed E-state index contributed by atoms with van der Waals surface area (Å²) in [7, 11) is 0. The number of esters is 2. The van der Waals surface area contributed by atoms with Crippen LogP contribution < -0.4 is 5.32 Å². The number of hydrogen-bond donors (Lipinski definition) is 2. The number of carbonyl (C=O) groups excluding carboxylic acids is 3. The Morgan fingerprint density at radius 3 is 1.58 bits per heavy atom. The third kappa shape index (κ3) is 15.9. The van der Waals surface area contributed by atoms with Gasteiger partial charge in [0.1, 0.15) is 11.7 Å². The Labute approximate surface area is 270 Å². The van der Waals surface area contributed by atoms with Gasteiger partial charge in [-0.25, -0.2) is 14.4 Å². The van der Waals surface area contributed by atoms with Gasteiger partial charge < -0.3 is 24.6 Å². The monoisotopic (exact) mass is 625 g/mol. The molecule has 1 amide bonds. The summed E-state index contributed by atoms with van der Waals surface area (Å²) in [5, 5.41) is 13.0. The number of hydrogen-bond acceptors (Lipinski definition) is 7. The van der Waals surface area contributed by atoms with Crippen molar-refractivity contribution in [2.24, 2.45) is 0 Å². The summed E-state index contributed by atoms with van der Waals surface area (Å²) in [5.41, 5.74) is -0.130. The molecule has 0 radical (unpaired) electrons. The van der Waals surface area contributed by atoms with Crippen LogP contribution in [0, 0.1) is 0 Å². The van der Waals surface area contributed by atoms with Crippen LogP contribution in [0.5, 0.6) is 0 Å². The van der Waals surface area contributed by atoms with Crippen LogP contribution in [-0.4, -0.2) is 53.6 Å². The summed E-state index contributed by atoms with van der Waals surface area (Å²) in [4.78, 5) is 39.2. The summed E-state index contributed by atoms with van der Waals surface area (Å²) in [6, 6.07) is 15.9. The van der Waals surface area contributed by atoms with E-state index in [1.165, 1.54) is 51.4 Å². The van der Waals surface area contributed by atoms with Gasteiger partial charge in [0.15, 0.2) is 6.10 Å². The zero-order chi connectivity index (χ0) is 32.9. The highest BCUT2D eigenvalue weighted by molar-refractivity contribution is 5.90. The third-order valence-corrected chi connectivity index (χ3v) is 7.52. The van der Waals surface area contributed by atoms with Crippen molar-refractivity contribution in [1.82, 2.24) is 5.32 Å². The highest BCUT2D eigenvalue weighted by atomic mass is 16.6. The quantitative estimate of drug-likeness (QED) is 0.0814. The second-order valence-electron chi connectivity index (χ2n) is 12.7. The van der Waals surface area contributed by atoms with Crippen LogP contribution >= 0.6 is 0 Å². The number of benzene rings is 2. The maximum absolute atomic E-state index is 13.2. The van der Waals surface area contributed by atoms with Crippen molar-refractivity contribution in [3.05, 3.63) is 71.8 Å². The van der Waals surface area contributed by atoms with Gasteiger partial charge in [0.2, 0.25) is 0 Å². The summed E-state index contributed by atoms with van der Waals surface area (Å²) in [6.07, 6.45) is 11.6. The van der Waals surface area contributed by atoms with Gasteiger partial charge in [0.25, 0.3) is 0 Å². The Bertz CT molecular complexity index is 1100. The fraction of sp³-hybridized carbons (Fsp3) is 0.595. The van der Waals surface area contributed by atoms with Crippen molar-refractivity contribution >= 4 is 18.0 Å². The number of nitrogens with one attached hydrogen (secondary N) is 1. The molecule has 250 valence electrons. The average molecular weight is 626 g/mol. The zero-order valence-electron chi connectivity index (χ0n) is 27.8. The van der Waals surface area contributed by atoms with E-state index in [9.17, 15) is 19.5 Å². The Hall–Kier alpha value is -3.39. The molecule has 0 bridgehead atoms. The second-order valence-corrected chi connectivity index (χ2v) is 12.7. The molecule has 0 unspecified atom stereocenters. The van der Waals surface area contributed by atoms with Gasteiger partial charge in [-0.2, -0.15) is 0 Å². The summed E-state index contributed by atoms with van der Waals surface area (Å²) < 4.78 is 17.3. The molecule has 2 N–H and O–H groups in total. The number of aliphatic hydroxyl groups is 1. The predicted molar refractivity (Wildman–Crippen MR) is 177 cm³/mol. The van der Waals surface area contributed by atoms with E-state index in [-0.39, 0.29) is 0 Å². The van der Waals surface area contributed by atoms with Crippen molar-refractivity contribution in [2.45, 2.75) is 135 Å². The molecule has 0 saturated carbocycles. The van der Waals surface area contributed by atoms with E-state index in [0.717, 1.165) is 19.3 Å². The van der Waals surface area contributed by atoms with Crippen LogP contribution in [0.15, 0.2) is 60.7 Å². The normalized spacial score (nSPS) is 13.4. The highest BCUT2D eigenvalue weighted by Crippen LogP contribution is 2.22. The van der Waals surface area contributed by atoms with Gasteiger partial charge in [0.05, 0.1) is 23.8 Å². The number of amides is 1. The Kier molecular flexibility index (Phi) is 17.9. The fourth-order valence-electron chi connectivity index (χ4n) is 5.13. The number of carbonyl (C=O) groups is 3. The van der Waals surface area contributed by atoms with E-state index in [1.807, 2.05) is 0 Å². The molecule has 3 atom stereocenters. The predicted octanol–water partition coefficient (Wildman–Crippen LogP) is 8.41. The lowest BCUT2D eigenvalue weighted by atomic mass is 9.98. The van der Waals surface area contributed by atoms with Gasteiger partial charge >= 0.3 is 18.0 Å². The van der Waals surface area contributed by atoms with E-state index in [0.29, 0.717) is 24.0 Å². The number of aliphatic hydroxyl groups excluding tert-OH is 1. The lowest BCUT2D eigenvalue weighted by Crippen LogP contribution is -2.54. The van der Waals surface area contributed by atoms with Crippen molar-refractivity contribution < 1.29 is 33.7 Å². The van der Waals surface area contributed by atoms with Crippen LogP contribution in [0.1, 0.15) is 132 Å². The van der Waals surface area contributed by atoms with E-state index in [1.54, 1.807) is 81.4 Å². The minimum Gasteiger partial charge on any atom is -0.455 e. The fourth-order valence-corrected chi connectivity index (χ4v) is 5.13. The molecule has 0 aliphatic heterocycles. The van der Waals surface area contributed by atoms with E-state index < -0.39 is 48.5 Å².